The Bertz CT molecular complexity index is 329. The van der Waals surface area contributed by atoms with Gasteiger partial charge >= 0.3 is 0 Å². The van der Waals surface area contributed by atoms with Crippen molar-refractivity contribution in [3.05, 3.63) is 23.5 Å². The van der Waals surface area contributed by atoms with Crippen LogP contribution in [0, 0.1) is 5.82 Å². The summed E-state index contributed by atoms with van der Waals surface area (Å²) in [5, 5.41) is 0. The van der Waals surface area contributed by atoms with Gasteiger partial charge in [-0.3, -0.25) is 4.84 Å². The van der Waals surface area contributed by atoms with Crippen LogP contribution in [0.2, 0.25) is 0 Å². The molecular formula is C8H8FNO3. The smallest absolute Gasteiger partial charge is 0.231 e. The lowest BCUT2D eigenvalue weighted by Gasteiger charge is -2.04. The molecule has 70 valence electrons. The largest absolute Gasteiger partial charge is 0.454 e. The van der Waals surface area contributed by atoms with E-state index >= 15 is 0 Å². The van der Waals surface area contributed by atoms with E-state index in [1.807, 2.05) is 0 Å². The predicted octanol–water partition coefficient (Wildman–Crippen LogP) is 0.945. The Morgan fingerprint density at radius 3 is 3.08 bits per heavy atom. The standard InChI is InChI=1S/C8H8FNO3/c9-6-1-2-7-8(12-4-11-7)5(6)3-13-10/h1-2H,3-4,10H2. The summed E-state index contributed by atoms with van der Waals surface area (Å²) >= 11 is 0. The van der Waals surface area contributed by atoms with Crippen molar-refractivity contribution < 1.29 is 18.7 Å². The molecule has 0 saturated heterocycles. The molecule has 13 heavy (non-hydrogen) atoms. The van der Waals surface area contributed by atoms with Crippen LogP contribution in [0.3, 0.4) is 0 Å². The van der Waals surface area contributed by atoms with Crippen LogP contribution >= 0.6 is 0 Å². The van der Waals surface area contributed by atoms with Crippen LogP contribution in [0.5, 0.6) is 11.5 Å². The zero-order valence-electron chi connectivity index (χ0n) is 6.75. The van der Waals surface area contributed by atoms with Gasteiger partial charge in [0.15, 0.2) is 11.5 Å². The number of hydrogen-bond donors (Lipinski definition) is 1. The van der Waals surface area contributed by atoms with Gasteiger partial charge in [-0.25, -0.2) is 10.3 Å². The first-order valence-electron chi connectivity index (χ1n) is 3.71. The monoisotopic (exact) mass is 185 g/mol. The van der Waals surface area contributed by atoms with Gasteiger partial charge in [0.25, 0.3) is 0 Å². The average molecular weight is 185 g/mol. The van der Waals surface area contributed by atoms with E-state index in [0.717, 1.165) is 0 Å². The van der Waals surface area contributed by atoms with Gasteiger partial charge < -0.3 is 9.47 Å². The zero-order chi connectivity index (χ0) is 9.26. The third-order valence-electron chi connectivity index (χ3n) is 1.81. The van der Waals surface area contributed by atoms with Gasteiger partial charge in [-0.15, -0.1) is 0 Å². The summed E-state index contributed by atoms with van der Waals surface area (Å²) in [5.41, 5.74) is 0.289. The summed E-state index contributed by atoms with van der Waals surface area (Å²) in [7, 11) is 0. The van der Waals surface area contributed by atoms with Crippen molar-refractivity contribution in [2.24, 2.45) is 5.90 Å². The fraction of sp³-hybridized carbons (Fsp3) is 0.250. The zero-order valence-corrected chi connectivity index (χ0v) is 6.75. The minimum Gasteiger partial charge on any atom is -0.454 e. The molecule has 1 aliphatic rings. The SMILES string of the molecule is NOCc1c(F)ccc2c1OCO2. The van der Waals surface area contributed by atoms with Gasteiger partial charge in [-0.2, -0.15) is 0 Å². The summed E-state index contributed by atoms with van der Waals surface area (Å²) in [5.74, 6) is 5.35. The highest BCUT2D eigenvalue weighted by atomic mass is 19.1. The van der Waals surface area contributed by atoms with Crippen LogP contribution in [-0.4, -0.2) is 6.79 Å². The number of rotatable bonds is 2. The molecule has 1 aromatic rings. The molecule has 0 fully saturated rings. The van der Waals surface area contributed by atoms with E-state index in [0.29, 0.717) is 11.5 Å². The molecule has 2 N–H and O–H groups in total. The lowest BCUT2D eigenvalue weighted by Crippen LogP contribution is -2.02. The Kier molecular flexibility index (Phi) is 2.03. The Morgan fingerprint density at radius 1 is 1.46 bits per heavy atom. The normalized spacial score (nSPS) is 13.4. The predicted molar refractivity (Wildman–Crippen MR) is 41.5 cm³/mol. The minimum absolute atomic E-state index is 0.0294. The highest BCUT2D eigenvalue weighted by molar-refractivity contribution is 5.48. The van der Waals surface area contributed by atoms with Crippen LogP contribution in [0.4, 0.5) is 4.39 Å². The third-order valence-corrected chi connectivity index (χ3v) is 1.81. The van der Waals surface area contributed by atoms with Crippen LogP contribution in [0.1, 0.15) is 5.56 Å². The molecule has 1 aromatic carbocycles. The summed E-state index contributed by atoms with van der Waals surface area (Å²) in [6.45, 7) is 0.0781. The van der Waals surface area contributed by atoms with E-state index in [-0.39, 0.29) is 19.0 Å². The molecule has 1 heterocycles. The molecule has 0 saturated carbocycles. The lowest BCUT2D eigenvalue weighted by molar-refractivity contribution is 0.117. The van der Waals surface area contributed by atoms with Crippen molar-refractivity contribution in [3.8, 4) is 11.5 Å². The number of fused-ring (bicyclic) bond motifs is 1. The van der Waals surface area contributed by atoms with E-state index in [4.69, 9.17) is 15.4 Å². The molecule has 0 aromatic heterocycles. The van der Waals surface area contributed by atoms with E-state index in [1.54, 1.807) is 0 Å². The van der Waals surface area contributed by atoms with Crippen molar-refractivity contribution in [2.75, 3.05) is 6.79 Å². The second kappa shape index (κ2) is 3.20. The summed E-state index contributed by atoms with van der Waals surface area (Å²) in [4.78, 5) is 4.36. The van der Waals surface area contributed by atoms with Gasteiger partial charge in [-0.1, -0.05) is 0 Å². The second-order valence-corrected chi connectivity index (χ2v) is 2.57. The summed E-state index contributed by atoms with van der Waals surface area (Å²) in [6.07, 6.45) is 0. The quantitative estimate of drug-likeness (QED) is 0.697. The fourth-order valence-electron chi connectivity index (χ4n) is 1.22. The van der Waals surface area contributed by atoms with E-state index in [2.05, 4.69) is 4.84 Å². The van der Waals surface area contributed by atoms with Gasteiger partial charge in [0, 0.05) is 0 Å². The topological polar surface area (TPSA) is 53.7 Å². The summed E-state index contributed by atoms with van der Waals surface area (Å²) < 4.78 is 23.3. The number of halogens is 1. The number of ether oxygens (including phenoxy) is 2. The molecular weight excluding hydrogens is 177 g/mol. The first-order valence-corrected chi connectivity index (χ1v) is 3.71. The highest BCUT2D eigenvalue weighted by Gasteiger charge is 2.20. The number of nitrogens with two attached hydrogens (primary N) is 1. The first-order chi connectivity index (χ1) is 6.33. The Balaban J connectivity index is 2.45. The van der Waals surface area contributed by atoms with Gasteiger partial charge in [0.2, 0.25) is 6.79 Å². The molecule has 2 rings (SSSR count). The maximum absolute atomic E-state index is 13.2. The second-order valence-electron chi connectivity index (χ2n) is 2.57. The average Bonchev–Trinajstić information content (AvgIpc) is 2.58. The molecule has 5 heteroatoms. The molecule has 0 unspecified atom stereocenters. The first kappa shape index (κ1) is 8.28. The molecule has 0 atom stereocenters. The van der Waals surface area contributed by atoms with Crippen molar-refractivity contribution in [1.82, 2.24) is 0 Å². The Hall–Kier alpha value is -1.33. The molecule has 0 spiro atoms. The molecule has 0 radical (unpaired) electrons. The molecule has 0 aliphatic carbocycles. The van der Waals surface area contributed by atoms with Gasteiger partial charge in [-0.05, 0) is 12.1 Å². The summed E-state index contributed by atoms with van der Waals surface area (Å²) in [6, 6.07) is 2.81. The lowest BCUT2D eigenvalue weighted by atomic mass is 10.2. The number of benzene rings is 1. The van der Waals surface area contributed by atoms with Crippen molar-refractivity contribution in [2.45, 2.75) is 6.61 Å². The maximum Gasteiger partial charge on any atom is 0.231 e. The molecule has 0 bridgehead atoms. The molecule has 1 aliphatic heterocycles. The maximum atomic E-state index is 13.2. The Labute approximate surface area is 74.0 Å². The van der Waals surface area contributed by atoms with Crippen molar-refractivity contribution >= 4 is 0 Å². The van der Waals surface area contributed by atoms with Gasteiger partial charge in [0.05, 0.1) is 12.2 Å². The minimum atomic E-state index is -0.408. The molecule has 4 nitrogen and oxygen atoms in total. The Morgan fingerprint density at radius 2 is 2.31 bits per heavy atom. The van der Waals surface area contributed by atoms with Crippen molar-refractivity contribution in [1.29, 1.82) is 0 Å². The van der Waals surface area contributed by atoms with Crippen LogP contribution in [0.25, 0.3) is 0 Å². The van der Waals surface area contributed by atoms with E-state index in [9.17, 15) is 4.39 Å². The van der Waals surface area contributed by atoms with E-state index < -0.39 is 5.82 Å². The fourth-order valence-corrected chi connectivity index (χ4v) is 1.22. The van der Waals surface area contributed by atoms with Crippen LogP contribution < -0.4 is 15.4 Å². The van der Waals surface area contributed by atoms with E-state index in [1.165, 1.54) is 12.1 Å². The molecule has 0 amide bonds. The number of hydrogen-bond acceptors (Lipinski definition) is 4. The highest BCUT2D eigenvalue weighted by Crippen LogP contribution is 2.37. The van der Waals surface area contributed by atoms with Crippen LogP contribution in [0.15, 0.2) is 12.1 Å². The van der Waals surface area contributed by atoms with Gasteiger partial charge in [0.1, 0.15) is 5.82 Å². The third kappa shape index (κ3) is 1.32. The van der Waals surface area contributed by atoms with Crippen molar-refractivity contribution in [3.63, 3.8) is 0 Å². The van der Waals surface area contributed by atoms with Crippen LogP contribution in [-0.2, 0) is 11.4 Å².